The summed E-state index contributed by atoms with van der Waals surface area (Å²) < 4.78 is 0. The lowest BCUT2D eigenvalue weighted by Crippen LogP contribution is -2.45. The largest absolute Gasteiger partial charge is 0.391 e. The van der Waals surface area contributed by atoms with Crippen molar-refractivity contribution < 1.29 is 5.11 Å². The van der Waals surface area contributed by atoms with Gasteiger partial charge < -0.3 is 15.3 Å². The quantitative estimate of drug-likeness (QED) is 0.679. The molecule has 0 bridgehead atoms. The molecule has 2 unspecified atom stereocenters. The van der Waals surface area contributed by atoms with Gasteiger partial charge in [0.2, 0.25) is 0 Å². The van der Waals surface area contributed by atoms with Crippen LogP contribution in [-0.2, 0) is 10.8 Å². The highest BCUT2D eigenvalue weighted by atomic mass is 32.1. The highest BCUT2D eigenvalue weighted by Crippen LogP contribution is 2.47. The number of fused-ring (bicyclic) bond motifs is 1. The van der Waals surface area contributed by atoms with E-state index in [9.17, 15) is 5.11 Å². The molecule has 1 aliphatic carbocycles. The van der Waals surface area contributed by atoms with Gasteiger partial charge in [-0.1, -0.05) is 39.8 Å². The molecule has 3 aliphatic rings. The molecule has 0 saturated carbocycles. The second-order valence-electron chi connectivity index (χ2n) is 11.6. The van der Waals surface area contributed by atoms with Gasteiger partial charge in [-0.2, -0.15) is 0 Å². The van der Waals surface area contributed by atoms with Crippen LogP contribution in [0.15, 0.2) is 23.6 Å². The second-order valence-corrected chi connectivity index (χ2v) is 12.5. The summed E-state index contributed by atoms with van der Waals surface area (Å²) in [5.41, 5.74) is 5.94. The number of nitrogens with one attached hydrogen (secondary N) is 1. The van der Waals surface area contributed by atoms with Crippen LogP contribution in [0.3, 0.4) is 0 Å². The van der Waals surface area contributed by atoms with Crippen molar-refractivity contribution in [3.63, 3.8) is 0 Å². The van der Waals surface area contributed by atoms with Gasteiger partial charge in [-0.3, -0.25) is 0 Å². The summed E-state index contributed by atoms with van der Waals surface area (Å²) in [4.78, 5) is 7.64. The molecule has 4 nitrogen and oxygen atoms in total. The number of thiazole rings is 1. The molecule has 0 radical (unpaired) electrons. The first kappa shape index (κ1) is 22.5. The first-order chi connectivity index (χ1) is 15.2. The van der Waals surface area contributed by atoms with Crippen molar-refractivity contribution in [3.05, 3.63) is 39.7 Å². The molecule has 0 amide bonds. The summed E-state index contributed by atoms with van der Waals surface area (Å²) in [5, 5.41) is 17.1. The Morgan fingerprint density at radius 1 is 1.06 bits per heavy atom. The maximum absolute atomic E-state index is 10.1. The maximum Gasteiger partial charge on any atom is 0.0964 e. The summed E-state index contributed by atoms with van der Waals surface area (Å²) in [5.74, 6) is 0.569. The summed E-state index contributed by atoms with van der Waals surface area (Å²) in [6.07, 6.45) is 5.54. The van der Waals surface area contributed by atoms with Crippen LogP contribution >= 0.6 is 11.3 Å². The molecule has 2 N–H and O–H groups in total. The lowest BCUT2D eigenvalue weighted by Gasteiger charge is -2.42. The van der Waals surface area contributed by atoms with Gasteiger partial charge in [0, 0.05) is 29.4 Å². The van der Waals surface area contributed by atoms with Gasteiger partial charge >= 0.3 is 0 Å². The number of aliphatic hydroxyl groups is 1. The predicted molar refractivity (Wildman–Crippen MR) is 134 cm³/mol. The Bertz CT molecular complexity index is 958. The first-order valence-corrected chi connectivity index (χ1v) is 13.4. The summed E-state index contributed by atoms with van der Waals surface area (Å²) in [6.45, 7) is 13.7. The molecule has 2 aromatic rings. The molecule has 174 valence electrons. The van der Waals surface area contributed by atoms with E-state index in [-0.39, 0.29) is 23.0 Å². The molecule has 2 fully saturated rings. The van der Waals surface area contributed by atoms with E-state index in [2.05, 4.69) is 61.5 Å². The van der Waals surface area contributed by atoms with E-state index in [4.69, 9.17) is 4.98 Å². The zero-order valence-corrected chi connectivity index (χ0v) is 21.0. The van der Waals surface area contributed by atoms with Crippen molar-refractivity contribution in [3.8, 4) is 11.3 Å². The number of hydrogen-bond donors (Lipinski definition) is 2. The van der Waals surface area contributed by atoms with Crippen LogP contribution in [0.25, 0.3) is 11.3 Å². The normalized spacial score (nSPS) is 28.0. The zero-order valence-electron chi connectivity index (χ0n) is 20.2. The Hall–Kier alpha value is -1.27. The van der Waals surface area contributed by atoms with Crippen LogP contribution in [0.1, 0.15) is 81.9 Å². The Morgan fingerprint density at radius 2 is 1.78 bits per heavy atom. The van der Waals surface area contributed by atoms with Crippen molar-refractivity contribution in [1.29, 1.82) is 0 Å². The average Bonchev–Trinajstić information content (AvgIpc) is 3.42. The lowest BCUT2D eigenvalue weighted by molar-refractivity contribution is 0.119. The van der Waals surface area contributed by atoms with Gasteiger partial charge in [0.15, 0.2) is 0 Å². The molecule has 2 saturated heterocycles. The number of rotatable bonds is 4. The third-order valence-electron chi connectivity index (χ3n) is 8.37. The van der Waals surface area contributed by atoms with Crippen LogP contribution in [0.2, 0.25) is 0 Å². The highest BCUT2D eigenvalue weighted by molar-refractivity contribution is 7.10. The van der Waals surface area contributed by atoms with E-state index in [0.29, 0.717) is 5.92 Å². The number of likely N-dealkylation sites (tertiary alicyclic amines) is 1. The average molecular weight is 454 g/mol. The van der Waals surface area contributed by atoms with Gasteiger partial charge in [0.25, 0.3) is 0 Å². The van der Waals surface area contributed by atoms with Crippen LogP contribution in [-0.4, -0.2) is 53.3 Å². The van der Waals surface area contributed by atoms with E-state index in [1.54, 1.807) is 0 Å². The van der Waals surface area contributed by atoms with E-state index in [0.717, 1.165) is 38.3 Å². The number of benzene rings is 1. The minimum atomic E-state index is -0.179. The van der Waals surface area contributed by atoms with E-state index in [1.165, 1.54) is 47.4 Å². The number of piperidine rings is 1. The fourth-order valence-corrected chi connectivity index (χ4v) is 6.94. The van der Waals surface area contributed by atoms with Gasteiger partial charge in [-0.05, 0) is 79.8 Å². The predicted octanol–water partition coefficient (Wildman–Crippen LogP) is 5.06. The Morgan fingerprint density at radius 3 is 2.47 bits per heavy atom. The molecule has 32 heavy (non-hydrogen) atoms. The molecular formula is C27H39N3OS. The fraction of sp³-hybridized carbons (Fsp3) is 0.667. The van der Waals surface area contributed by atoms with Crippen LogP contribution < -0.4 is 5.32 Å². The lowest BCUT2D eigenvalue weighted by atomic mass is 9.63. The van der Waals surface area contributed by atoms with E-state index < -0.39 is 0 Å². The SMILES string of the molecule is CC1(C)CCC(C)(C)c2cc(-c3csc(C4CCN(CC5NCCC5O)CC4)n3)ccc21. The fourth-order valence-electron chi connectivity index (χ4n) is 5.94. The van der Waals surface area contributed by atoms with Crippen LogP contribution in [0.4, 0.5) is 0 Å². The van der Waals surface area contributed by atoms with E-state index >= 15 is 0 Å². The molecule has 5 rings (SSSR count). The van der Waals surface area contributed by atoms with Crippen molar-refractivity contribution >= 4 is 11.3 Å². The van der Waals surface area contributed by atoms with Crippen LogP contribution in [0, 0.1) is 0 Å². The molecule has 1 aromatic heterocycles. The minimum Gasteiger partial charge on any atom is -0.391 e. The van der Waals surface area contributed by atoms with Gasteiger partial charge in [-0.25, -0.2) is 4.98 Å². The second kappa shape index (κ2) is 8.50. The minimum absolute atomic E-state index is 0.179. The van der Waals surface area contributed by atoms with Crippen molar-refractivity contribution in [2.45, 2.75) is 88.7 Å². The molecule has 2 aliphatic heterocycles. The number of aliphatic hydroxyl groups excluding tert-OH is 1. The summed E-state index contributed by atoms with van der Waals surface area (Å²) >= 11 is 1.84. The maximum atomic E-state index is 10.1. The standard InChI is InChI=1S/C27H39N3OS/c1-26(2)10-11-27(3,4)21-15-19(5-6-20(21)26)23-17-32-25(29-23)18-8-13-30(14-9-18)16-22-24(31)7-12-28-22/h5-6,15,17-18,22,24,28,31H,7-14,16H2,1-4H3. The van der Waals surface area contributed by atoms with Gasteiger partial charge in [-0.15, -0.1) is 11.3 Å². The summed E-state index contributed by atoms with van der Waals surface area (Å²) in [7, 11) is 0. The third-order valence-corrected chi connectivity index (χ3v) is 9.38. The van der Waals surface area contributed by atoms with Crippen LogP contribution in [0.5, 0.6) is 0 Å². The summed E-state index contributed by atoms with van der Waals surface area (Å²) in [6, 6.07) is 7.34. The first-order valence-electron chi connectivity index (χ1n) is 12.5. The van der Waals surface area contributed by atoms with Crippen molar-refractivity contribution in [1.82, 2.24) is 15.2 Å². The van der Waals surface area contributed by atoms with Crippen molar-refractivity contribution in [2.75, 3.05) is 26.2 Å². The Labute approximate surface area is 197 Å². The zero-order chi connectivity index (χ0) is 22.5. The van der Waals surface area contributed by atoms with E-state index in [1.807, 2.05) is 11.3 Å². The monoisotopic (exact) mass is 453 g/mol. The molecule has 0 spiro atoms. The smallest absolute Gasteiger partial charge is 0.0964 e. The topological polar surface area (TPSA) is 48.4 Å². The molecule has 3 heterocycles. The van der Waals surface area contributed by atoms with Gasteiger partial charge in [0.05, 0.1) is 16.8 Å². The highest BCUT2D eigenvalue weighted by Gasteiger charge is 2.37. The van der Waals surface area contributed by atoms with Gasteiger partial charge in [0.1, 0.15) is 0 Å². The third kappa shape index (κ3) is 4.29. The molecule has 2 atom stereocenters. The number of nitrogens with zero attached hydrogens (tertiary/aromatic N) is 2. The number of hydrogen-bond acceptors (Lipinski definition) is 5. The number of aromatic nitrogens is 1. The molecule has 5 heteroatoms. The molecule has 1 aromatic carbocycles. The molecular weight excluding hydrogens is 414 g/mol. The Kier molecular flexibility index (Phi) is 5.98. The Balaban J connectivity index is 1.28. The van der Waals surface area contributed by atoms with Crippen molar-refractivity contribution in [2.24, 2.45) is 0 Å².